The molecule has 2 aliphatic heterocycles. The van der Waals surface area contributed by atoms with Crippen LogP contribution in [0.4, 0.5) is 5.69 Å². The Hall–Kier alpha value is -1.49. The third kappa shape index (κ3) is 4.87. The molecule has 1 aromatic rings. The smallest absolute Gasteiger partial charge is 0.243 e. The van der Waals surface area contributed by atoms with Gasteiger partial charge in [0, 0.05) is 24.8 Å². The van der Waals surface area contributed by atoms with Gasteiger partial charge in [-0.25, -0.2) is 16.8 Å². The number of sulfone groups is 1. The summed E-state index contributed by atoms with van der Waals surface area (Å²) < 4.78 is 49.9. The number of sulfonamides is 1. The number of likely N-dealkylation sites (N-methyl/N-ethyl adjacent to an activating group) is 1. The number of nitrogens with one attached hydrogen (secondary N) is 1. The fourth-order valence-corrected chi connectivity index (χ4v) is 6.86. The molecule has 0 unspecified atom stereocenters. The van der Waals surface area contributed by atoms with Crippen LogP contribution in [0, 0.1) is 0 Å². The van der Waals surface area contributed by atoms with Crippen LogP contribution in [0.3, 0.4) is 0 Å². The number of amides is 1. The van der Waals surface area contributed by atoms with Crippen LogP contribution in [0.5, 0.6) is 0 Å². The Bertz CT molecular complexity index is 908. The van der Waals surface area contributed by atoms with E-state index in [4.69, 9.17) is 0 Å². The highest BCUT2D eigenvalue weighted by Crippen LogP contribution is 2.23. The van der Waals surface area contributed by atoms with E-state index >= 15 is 0 Å². The maximum Gasteiger partial charge on any atom is 0.243 e. The highest BCUT2D eigenvalue weighted by Gasteiger charge is 2.31. The molecule has 3 rings (SSSR count). The lowest BCUT2D eigenvalue weighted by atomic mass is 10.2. The molecule has 0 saturated carbocycles. The van der Waals surface area contributed by atoms with Crippen molar-refractivity contribution in [2.75, 3.05) is 43.5 Å². The zero-order valence-electron chi connectivity index (χ0n) is 15.3. The van der Waals surface area contributed by atoms with E-state index in [2.05, 4.69) is 5.32 Å². The number of rotatable bonds is 6. The van der Waals surface area contributed by atoms with Crippen molar-refractivity contribution < 1.29 is 21.6 Å². The van der Waals surface area contributed by atoms with Crippen molar-refractivity contribution in [2.24, 2.45) is 0 Å². The fraction of sp³-hybridized carbons (Fsp3) is 0.588. The summed E-state index contributed by atoms with van der Waals surface area (Å²) in [6, 6.07) is 6.07. The molecule has 10 heteroatoms. The summed E-state index contributed by atoms with van der Waals surface area (Å²) in [4.78, 5) is 14.2. The summed E-state index contributed by atoms with van der Waals surface area (Å²) in [5.74, 6) is -0.0853. The summed E-state index contributed by atoms with van der Waals surface area (Å²) in [7, 11) is -4.83. The van der Waals surface area contributed by atoms with Crippen LogP contribution in [-0.2, 0) is 24.7 Å². The summed E-state index contributed by atoms with van der Waals surface area (Å²) in [5.41, 5.74) is 0.410. The first kappa shape index (κ1) is 20.2. The molecule has 27 heavy (non-hydrogen) atoms. The number of carbonyl (C=O) groups is 1. The molecule has 2 saturated heterocycles. The predicted octanol–water partition coefficient (Wildman–Crippen LogP) is 0.529. The summed E-state index contributed by atoms with van der Waals surface area (Å²) in [5, 5.41) is 2.71. The van der Waals surface area contributed by atoms with Gasteiger partial charge in [0.25, 0.3) is 0 Å². The fourth-order valence-electron chi connectivity index (χ4n) is 3.49. The molecule has 0 bridgehead atoms. The molecule has 1 atom stereocenters. The Labute approximate surface area is 160 Å². The maximum atomic E-state index is 12.6. The van der Waals surface area contributed by atoms with Gasteiger partial charge in [-0.2, -0.15) is 4.31 Å². The van der Waals surface area contributed by atoms with Crippen molar-refractivity contribution in [1.82, 2.24) is 9.21 Å². The van der Waals surface area contributed by atoms with Crippen molar-refractivity contribution in [3.05, 3.63) is 24.3 Å². The van der Waals surface area contributed by atoms with Gasteiger partial charge in [0.2, 0.25) is 15.9 Å². The third-order valence-electron chi connectivity index (χ3n) is 5.05. The topological polar surface area (TPSA) is 104 Å². The van der Waals surface area contributed by atoms with Crippen LogP contribution >= 0.6 is 0 Å². The molecule has 150 valence electrons. The van der Waals surface area contributed by atoms with Gasteiger partial charge >= 0.3 is 0 Å². The van der Waals surface area contributed by atoms with Crippen LogP contribution in [0.25, 0.3) is 0 Å². The first-order valence-electron chi connectivity index (χ1n) is 8.98. The second-order valence-corrected chi connectivity index (χ2v) is 11.3. The number of hydrogen-bond donors (Lipinski definition) is 1. The quantitative estimate of drug-likeness (QED) is 0.727. The van der Waals surface area contributed by atoms with Crippen molar-refractivity contribution >= 4 is 31.5 Å². The Morgan fingerprint density at radius 1 is 1.30 bits per heavy atom. The second-order valence-electron chi connectivity index (χ2n) is 7.16. The van der Waals surface area contributed by atoms with E-state index in [-0.39, 0.29) is 34.9 Å². The van der Waals surface area contributed by atoms with E-state index < -0.39 is 19.9 Å². The minimum atomic E-state index is -3.54. The molecular formula is C17H25N3O5S2. The normalized spacial score (nSPS) is 23.0. The largest absolute Gasteiger partial charge is 0.325 e. The van der Waals surface area contributed by atoms with Gasteiger partial charge in [0.05, 0.1) is 22.9 Å². The van der Waals surface area contributed by atoms with Crippen LogP contribution in [0.2, 0.25) is 0 Å². The van der Waals surface area contributed by atoms with Gasteiger partial charge in [-0.05, 0) is 44.5 Å². The predicted molar refractivity (Wildman–Crippen MR) is 103 cm³/mol. The average Bonchev–Trinajstić information content (AvgIpc) is 3.24. The van der Waals surface area contributed by atoms with Crippen LogP contribution in [-0.4, -0.2) is 76.2 Å². The van der Waals surface area contributed by atoms with Gasteiger partial charge < -0.3 is 5.32 Å². The van der Waals surface area contributed by atoms with Crippen molar-refractivity contribution in [1.29, 1.82) is 0 Å². The van der Waals surface area contributed by atoms with E-state index in [9.17, 15) is 21.6 Å². The Kier molecular flexibility index (Phi) is 5.90. The van der Waals surface area contributed by atoms with Gasteiger partial charge in [-0.1, -0.05) is 6.07 Å². The van der Waals surface area contributed by atoms with E-state index in [0.29, 0.717) is 25.2 Å². The zero-order valence-corrected chi connectivity index (χ0v) is 16.9. The van der Waals surface area contributed by atoms with Crippen molar-refractivity contribution in [3.63, 3.8) is 0 Å². The highest BCUT2D eigenvalue weighted by molar-refractivity contribution is 7.91. The Balaban J connectivity index is 1.63. The molecule has 8 nitrogen and oxygen atoms in total. The molecule has 1 aromatic carbocycles. The molecule has 0 aromatic heterocycles. The lowest BCUT2D eigenvalue weighted by molar-refractivity contribution is -0.117. The minimum Gasteiger partial charge on any atom is -0.325 e. The molecule has 1 N–H and O–H groups in total. The van der Waals surface area contributed by atoms with Gasteiger partial charge in [-0.3, -0.25) is 9.69 Å². The monoisotopic (exact) mass is 415 g/mol. The van der Waals surface area contributed by atoms with E-state index in [1.807, 2.05) is 0 Å². The highest BCUT2D eigenvalue weighted by atomic mass is 32.2. The first-order chi connectivity index (χ1) is 12.7. The summed E-state index contributed by atoms with van der Waals surface area (Å²) in [6.07, 6.45) is 2.24. The molecule has 2 fully saturated rings. The number of carbonyl (C=O) groups excluding carboxylic acids is 1. The number of nitrogens with zero attached hydrogens (tertiary/aromatic N) is 2. The third-order valence-corrected chi connectivity index (χ3v) is 8.69. The molecule has 2 aliphatic rings. The SMILES string of the molecule is CN(CC(=O)Nc1cccc(S(=O)(=O)N2CCCC2)c1)[C@@H]1CCS(=O)(=O)C1. The molecular weight excluding hydrogens is 390 g/mol. The Morgan fingerprint density at radius 2 is 2.00 bits per heavy atom. The molecule has 0 spiro atoms. The maximum absolute atomic E-state index is 12.6. The van der Waals surface area contributed by atoms with Crippen molar-refractivity contribution in [3.8, 4) is 0 Å². The first-order valence-corrected chi connectivity index (χ1v) is 12.2. The molecule has 0 radical (unpaired) electrons. The minimum absolute atomic E-state index is 0.0449. The lowest BCUT2D eigenvalue weighted by Gasteiger charge is -2.22. The van der Waals surface area contributed by atoms with E-state index in [1.165, 1.54) is 16.4 Å². The lowest BCUT2D eigenvalue weighted by Crippen LogP contribution is -2.38. The number of benzene rings is 1. The van der Waals surface area contributed by atoms with Crippen LogP contribution in [0.15, 0.2) is 29.2 Å². The van der Waals surface area contributed by atoms with Gasteiger partial charge in [-0.15, -0.1) is 0 Å². The van der Waals surface area contributed by atoms with Gasteiger partial charge in [0.1, 0.15) is 0 Å². The van der Waals surface area contributed by atoms with Crippen molar-refractivity contribution in [2.45, 2.75) is 30.2 Å². The summed E-state index contributed by atoms with van der Waals surface area (Å²) in [6.45, 7) is 1.09. The molecule has 1 amide bonds. The van der Waals surface area contributed by atoms with E-state index in [0.717, 1.165) is 12.8 Å². The zero-order chi connectivity index (χ0) is 19.7. The average molecular weight is 416 g/mol. The number of anilines is 1. The van der Waals surface area contributed by atoms with Crippen LogP contribution in [0.1, 0.15) is 19.3 Å². The van der Waals surface area contributed by atoms with Crippen LogP contribution < -0.4 is 5.32 Å². The standard InChI is InChI=1S/C17H25N3O5S2/c1-19(15-7-10-26(22,23)13-15)12-17(21)18-14-5-4-6-16(11-14)27(24,25)20-8-2-3-9-20/h4-6,11,15H,2-3,7-10,12-13H2,1H3,(H,18,21)/t15-/m1/s1. The molecule has 2 heterocycles. The molecule has 0 aliphatic carbocycles. The van der Waals surface area contributed by atoms with E-state index in [1.54, 1.807) is 24.1 Å². The Morgan fingerprint density at radius 3 is 2.63 bits per heavy atom. The summed E-state index contributed by atoms with van der Waals surface area (Å²) >= 11 is 0. The van der Waals surface area contributed by atoms with Gasteiger partial charge in [0.15, 0.2) is 9.84 Å². The second kappa shape index (κ2) is 7.86. The number of hydrogen-bond acceptors (Lipinski definition) is 6.